The number of piperidine rings is 1. The van der Waals surface area contributed by atoms with Crippen LogP contribution in [0.5, 0.6) is 23.0 Å². The predicted molar refractivity (Wildman–Crippen MR) is 271 cm³/mol. The average molecular weight is 981 g/mol. The van der Waals surface area contributed by atoms with Crippen LogP contribution in [0.25, 0.3) is 0 Å². The third kappa shape index (κ3) is 9.56. The van der Waals surface area contributed by atoms with E-state index in [4.69, 9.17) is 18.9 Å². The van der Waals surface area contributed by atoms with Gasteiger partial charge in [0.25, 0.3) is 0 Å². The molecule has 0 radical (unpaired) electrons. The molecule has 2 saturated heterocycles. The zero-order chi connectivity index (χ0) is 49.0. The molecular formula is C59H84N2O10. The van der Waals surface area contributed by atoms with Crippen molar-refractivity contribution in [3.63, 3.8) is 0 Å². The molecule has 8 N–H and O–H groups in total. The summed E-state index contributed by atoms with van der Waals surface area (Å²) in [6.45, 7) is 3.75. The SMILES string of the molecule is CCOCCC1CCC2CC3C(CC2N1)CC1(CCCC1)C1C(O)CCC2(O)CCC(CCOc4ccc(C5CCC6C(O)CC(c7c(CO)c(O)c(O)c(OC)c7Cc7cc[nH]c7)OC6C5)cc4C31)C2. The third-order valence-electron chi connectivity index (χ3n) is 20.4. The maximum Gasteiger partial charge on any atom is 0.201 e. The topological polar surface area (TPSA) is 186 Å². The summed E-state index contributed by atoms with van der Waals surface area (Å²) in [4.78, 5) is 3.11. The molecule has 15 unspecified atom stereocenters. The van der Waals surface area contributed by atoms with Crippen LogP contribution in [0.15, 0.2) is 36.7 Å². The highest BCUT2D eigenvalue weighted by molar-refractivity contribution is 5.64. The minimum atomic E-state index is -0.718. The van der Waals surface area contributed by atoms with Crippen molar-refractivity contribution in [2.75, 3.05) is 26.9 Å². The number of aromatic amines is 1. The predicted octanol–water partition coefficient (Wildman–Crippen LogP) is 9.60. The van der Waals surface area contributed by atoms with Crippen LogP contribution in [0.3, 0.4) is 0 Å². The van der Waals surface area contributed by atoms with Crippen molar-refractivity contribution >= 4 is 0 Å². The van der Waals surface area contributed by atoms with E-state index in [1.54, 1.807) is 0 Å². The van der Waals surface area contributed by atoms with E-state index in [1.807, 2.05) is 18.5 Å². The Kier molecular flexibility index (Phi) is 14.6. The number of hydrogen-bond acceptors (Lipinski definition) is 11. The fourth-order valence-electron chi connectivity index (χ4n) is 17.2. The Morgan fingerprint density at radius 1 is 0.831 bits per heavy atom. The van der Waals surface area contributed by atoms with E-state index < -0.39 is 42.0 Å². The fraction of sp³-hybridized carbons (Fsp3) is 0.729. The van der Waals surface area contributed by atoms with Gasteiger partial charge in [0.2, 0.25) is 5.75 Å². The molecule has 8 aliphatic rings. The van der Waals surface area contributed by atoms with Crippen molar-refractivity contribution in [2.24, 2.45) is 40.9 Å². The van der Waals surface area contributed by atoms with Crippen molar-refractivity contribution in [3.05, 3.63) is 70.0 Å². The maximum absolute atomic E-state index is 13.0. The highest BCUT2D eigenvalue weighted by Crippen LogP contribution is 2.66. The average Bonchev–Trinajstić information content (AvgIpc) is 4.16. The molecule has 3 aliphatic heterocycles. The molecule has 390 valence electrons. The van der Waals surface area contributed by atoms with Crippen molar-refractivity contribution in [3.8, 4) is 23.0 Å². The van der Waals surface area contributed by atoms with E-state index in [-0.39, 0.29) is 46.5 Å². The van der Waals surface area contributed by atoms with E-state index in [9.17, 15) is 30.6 Å². The Morgan fingerprint density at radius 2 is 1.68 bits per heavy atom. The standard InChI is InChI=1S/C59H84N2O10/c1-3-69-22-16-40-9-6-38-26-42-39(27-46(38)61-40)31-58(17-4-5-18-58)54-47(63)13-20-59(67)19-12-34(30-59)15-23-70-49-11-8-36(25-43(49)53(42)54)37-7-10-41-48(64)29-51(71-50(41)28-37)52-44(24-35-14-21-60-32-35)57(68-2)56(66)55(65)45(52)33-62/h8,11,14,21,25,32,34,37-42,46-48,50-51,53-54,60-67H,3-7,9-10,12-13,15-20,22-24,26-31,33H2,1-2H3. The Balaban J connectivity index is 0.947. The molecule has 12 heteroatoms. The number of phenols is 2. The van der Waals surface area contributed by atoms with Crippen LogP contribution >= 0.6 is 0 Å². The van der Waals surface area contributed by atoms with Crippen LogP contribution in [0.1, 0.15) is 187 Å². The molecule has 5 aliphatic carbocycles. The number of aromatic nitrogens is 1. The smallest absolute Gasteiger partial charge is 0.201 e. The van der Waals surface area contributed by atoms with Gasteiger partial charge in [-0.2, -0.15) is 0 Å². The van der Waals surface area contributed by atoms with Crippen LogP contribution in [-0.4, -0.2) is 98.6 Å². The van der Waals surface area contributed by atoms with E-state index in [0.717, 1.165) is 88.7 Å². The van der Waals surface area contributed by atoms with E-state index in [1.165, 1.54) is 56.8 Å². The molecule has 71 heavy (non-hydrogen) atoms. The van der Waals surface area contributed by atoms with E-state index in [0.29, 0.717) is 85.6 Å². The first-order valence-electron chi connectivity index (χ1n) is 28.2. The molecule has 5 saturated carbocycles. The summed E-state index contributed by atoms with van der Waals surface area (Å²) >= 11 is 0. The third-order valence-corrected chi connectivity index (χ3v) is 20.4. The summed E-state index contributed by atoms with van der Waals surface area (Å²) in [7, 11) is 1.47. The molecule has 2 bridgehead atoms. The number of aromatic hydroxyl groups is 2. The minimum absolute atomic E-state index is 0.0350. The lowest BCUT2D eigenvalue weighted by Crippen LogP contribution is -2.57. The monoisotopic (exact) mass is 981 g/mol. The molecule has 4 heterocycles. The van der Waals surface area contributed by atoms with Gasteiger partial charge in [0.15, 0.2) is 11.5 Å². The lowest BCUT2D eigenvalue weighted by Gasteiger charge is -2.59. The van der Waals surface area contributed by atoms with Gasteiger partial charge in [-0.25, -0.2) is 0 Å². The number of hydrogen-bond donors (Lipinski definition) is 8. The first kappa shape index (κ1) is 49.8. The summed E-state index contributed by atoms with van der Waals surface area (Å²) in [5, 5.41) is 74.4. The van der Waals surface area contributed by atoms with Gasteiger partial charge < -0.3 is 59.9 Å². The number of benzene rings is 2. The second kappa shape index (κ2) is 20.7. The largest absolute Gasteiger partial charge is 0.504 e. The summed E-state index contributed by atoms with van der Waals surface area (Å²) in [5.41, 5.74) is 4.18. The van der Waals surface area contributed by atoms with Crippen LogP contribution in [0, 0.1) is 40.9 Å². The Bertz CT molecular complexity index is 2300. The van der Waals surface area contributed by atoms with Gasteiger partial charge in [-0.1, -0.05) is 25.0 Å². The number of phenolic OH excluding ortho intramolecular Hbond substituents is 1. The Morgan fingerprint density at radius 3 is 2.46 bits per heavy atom. The lowest BCUT2D eigenvalue weighted by atomic mass is 9.47. The number of rotatable bonds is 10. The number of nitrogens with one attached hydrogen (secondary N) is 2. The molecular weight excluding hydrogens is 897 g/mol. The summed E-state index contributed by atoms with van der Waals surface area (Å²) in [5.74, 6) is 2.51. The summed E-state index contributed by atoms with van der Waals surface area (Å²) in [6, 6.07) is 10.0. The van der Waals surface area contributed by atoms with Gasteiger partial charge in [0.05, 0.1) is 50.3 Å². The molecule has 12 nitrogen and oxygen atoms in total. The molecule has 15 atom stereocenters. The highest BCUT2D eigenvalue weighted by Gasteiger charge is 2.59. The van der Waals surface area contributed by atoms with Crippen molar-refractivity contribution in [1.82, 2.24) is 10.3 Å². The summed E-state index contributed by atoms with van der Waals surface area (Å²) < 4.78 is 25.8. The first-order chi connectivity index (χ1) is 34.5. The van der Waals surface area contributed by atoms with Crippen LogP contribution in [0.2, 0.25) is 0 Å². The van der Waals surface area contributed by atoms with Crippen molar-refractivity contribution in [1.29, 1.82) is 0 Å². The van der Waals surface area contributed by atoms with Crippen molar-refractivity contribution in [2.45, 2.75) is 202 Å². The Labute approximate surface area is 421 Å². The maximum atomic E-state index is 13.0. The van der Waals surface area contributed by atoms with Gasteiger partial charge >= 0.3 is 0 Å². The quantitative estimate of drug-likeness (QED) is 0.0715. The zero-order valence-corrected chi connectivity index (χ0v) is 42.5. The number of methoxy groups -OCH3 is 1. The molecule has 0 amide bonds. The summed E-state index contributed by atoms with van der Waals surface area (Å²) in [6.07, 6.45) is 21.1. The van der Waals surface area contributed by atoms with Crippen LogP contribution in [0.4, 0.5) is 0 Å². The first-order valence-corrected chi connectivity index (χ1v) is 28.2. The number of fused-ring (bicyclic) bond motifs is 10. The fourth-order valence-corrected chi connectivity index (χ4v) is 17.2. The normalized spacial score (nSPS) is 37.8. The number of ether oxygens (including phenoxy) is 4. The lowest BCUT2D eigenvalue weighted by molar-refractivity contribution is -0.154. The van der Waals surface area contributed by atoms with E-state index in [2.05, 4.69) is 35.4 Å². The molecule has 11 rings (SSSR count). The second-order valence-electron chi connectivity index (χ2n) is 24.2. The van der Waals surface area contributed by atoms with Crippen molar-refractivity contribution < 1.29 is 49.6 Å². The minimum Gasteiger partial charge on any atom is -0.504 e. The second-order valence-corrected chi connectivity index (χ2v) is 24.2. The van der Waals surface area contributed by atoms with E-state index >= 15 is 0 Å². The van der Waals surface area contributed by atoms with Crippen LogP contribution in [-0.2, 0) is 22.5 Å². The molecule has 7 fully saturated rings. The van der Waals surface area contributed by atoms with Gasteiger partial charge in [-0.15, -0.1) is 0 Å². The molecule has 1 aromatic heterocycles. The zero-order valence-electron chi connectivity index (χ0n) is 42.5. The molecule has 2 aromatic carbocycles. The van der Waals surface area contributed by atoms with Gasteiger partial charge in [-0.05, 0) is 197 Å². The molecule has 3 aromatic rings. The number of aliphatic hydroxyl groups excluding tert-OH is 3. The van der Waals surface area contributed by atoms with Gasteiger partial charge in [-0.3, -0.25) is 0 Å². The molecule has 1 spiro atoms. The number of H-pyrrole nitrogens is 1. The van der Waals surface area contributed by atoms with Gasteiger partial charge in [0, 0.05) is 67.6 Å². The highest BCUT2D eigenvalue weighted by atomic mass is 16.5. The number of aliphatic hydroxyl groups is 4. The van der Waals surface area contributed by atoms with Gasteiger partial charge in [0.1, 0.15) is 5.75 Å². The van der Waals surface area contributed by atoms with Crippen LogP contribution < -0.4 is 14.8 Å². The Hall–Kier alpha value is -3.36.